The molecular weight excluding hydrogens is 476 g/mol. The Labute approximate surface area is 225 Å². The molecule has 6 nitrogen and oxygen atoms in total. The number of amides is 1. The van der Waals surface area contributed by atoms with Crippen LogP contribution < -0.4 is 5.32 Å². The Morgan fingerprint density at radius 3 is 2.58 bits per heavy atom. The average Bonchev–Trinajstić information content (AvgIpc) is 3.36. The third-order valence-corrected chi connectivity index (χ3v) is 8.43. The van der Waals surface area contributed by atoms with E-state index in [4.69, 9.17) is 4.74 Å². The number of fused-ring (bicyclic) bond motifs is 1. The Balaban J connectivity index is 1.19. The fourth-order valence-electron chi connectivity index (χ4n) is 6.32. The third kappa shape index (κ3) is 5.62. The monoisotopic (exact) mass is 514 g/mol. The lowest BCUT2D eigenvalue weighted by atomic mass is 9.77. The first-order valence-corrected chi connectivity index (χ1v) is 13.8. The van der Waals surface area contributed by atoms with Crippen LogP contribution in [0.25, 0.3) is 10.8 Å². The molecule has 2 N–H and O–H groups in total. The van der Waals surface area contributed by atoms with Crippen LogP contribution in [0.2, 0.25) is 0 Å². The minimum atomic E-state index is -0.731. The van der Waals surface area contributed by atoms with Crippen LogP contribution in [0.5, 0.6) is 0 Å². The maximum Gasteiger partial charge on any atom is 0.328 e. The predicted octanol–water partition coefficient (Wildman–Crippen LogP) is 5.21. The zero-order valence-electron chi connectivity index (χ0n) is 22.3. The summed E-state index contributed by atoms with van der Waals surface area (Å²) in [5.74, 6) is 0.364. The molecule has 1 saturated carbocycles. The standard InChI is InChI=1S/C32H38N2O4/c1-21(28-12-6-9-24-8-3-4-11-29(24)28)33-19-22-7-5-10-26(17-22)23-13-15-25(16-14-23)31(36)34-20-27(35)18-30(34)32(37)38-2/h3-4,6,8-9,11-16,21-22,26-27,30,33,35H,5,7,10,17-20H2,1-2H3/t21-,22?,26?,27-,30+/m1/s1. The maximum absolute atomic E-state index is 13.1. The average molecular weight is 515 g/mol. The number of hydrogen-bond acceptors (Lipinski definition) is 5. The number of likely N-dealkylation sites (tertiary alicyclic amines) is 1. The van der Waals surface area contributed by atoms with Gasteiger partial charge in [-0.1, -0.05) is 61.0 Å². The Morgan fingerprint density at radius 2 is 1.79 bits per heavy atom. The third-order valence-electron chi connectivity index (χ3n) is 8.43. The summed E-state index contributed by atoms with van der Waals surface area (Å²) in [6.07, 6.45) is 4.23. The molecule has 200 valence electrons. The quantitative estimate of drug-likeness (QED) is 0.423. The van der Waals surface area contributed by atoms with E-state index < -0.39 is 18.1 Å². The molecule has 3 aromatic carbocycles. The van der Waals surface area contributed by atoms with Crippen molar-refractivity contribution in [3.8, 4) is 0 Å². The van der Waals surface area contributed by atoms with Gasteiger partial charge in [0, 0.05) is 24.6 Å². The van der Waals surface area contributed by atoms with E-state index in [1.165, 1.54) is 46.8 Å². The molecule has 0 bridgehead atoms. The second kappa shape index (κ2) is 11.7. The molecule has 1 heterocycles. The summed E-state index contributed by atoms with van der Waals surface area (Å²) in [6, 6.07) is 22.5. The highest BCUT2D eigenvalue weighted by molar-refractivity contribution is 5.97. The van der Waals surface area contributed by atoms with Crippen LogP contribution in [0, 0.1) is 5.92 Å². The van der Waals surface area contributed by atoms with E-state index >= 15 is 0 Å². The van der Waals surface area contributed by atoms with Crippen LogP contribution in [0.15, 0.2) is 66.7 Å². The van der Waals surface area contributed by atoms with Gasteiger partial charge in [0.1, 0.15) is 6.04 Å². The first-order chi connectivity index (χ1) is 18.4. The largest absolute Gasteiger partial charge is 0.467 e. The molecule has 38 heavy (non-hydrogen) atoms. The van der Waals surface area contributed by atoms with E-state index in [0.717, 1.165) is 19.4 Å². The summed E-state index contributed by atoms with van der Waals surface area (Å²) in [5.41, 5.74) is 3.14. The van der Waals surface area contributed by atoms with Crippen molar-refractivity contribution in [2.75, 3.05) is 20.2 Å². The van der Waals surface area contributed by atoms with Gasteiger partial charge >= 0.3 is 5.97 Å². The molecular formula is C32H38N2O4. The summed E-state index contributed by atoms with van der Waals surface area (Å²) < 4.78 is 4.84. The lowest BCUT2D eigenvalue weighted by Gasteiger charge is -2.31. The number of benzene rings is 3. The molecule has 1 amide bonds. The fourth-order valence-corrected chi connectivity index (χ4v) is 6.32. The number of nitrogens with one attached hydrogen (secondary N) is 1. The lowest BCUT2D eigenvalue weighted by molar-refractivity contribution is -0.145. The smallest absolute Gasteiger partial charge is 0.328 e. The molecule has 1 aliphatic carbocycles. The molecule has 3 aromatic rings. The van der Waals surface area contributed by atoms with Gasteiger partial charge in [-0.05, 0) is 78.6 Å². The number of ether oxygens (including phenoxy) is 1. The minimum Gasteiger partial charge on any atom is -0.467 e. The van der Waals surface area contributed by atoms with Crippen LogP contribution in [0.4, 0.5) is 0 Å². The van der Waals surface area contributed by atoms with Gasteiger partial charge in [-0.25, -0.2) is 4.79 Å². The van der Waals surface area contributed by atoms with Crippen molar-refractivity contribution in [3.05, 3.63) is 83.4 Å². The van der Waals surface area contributed by atoms with Gasteiger partial charge in [-0.3, -0.25) is 4.79 Å². The number of β-amino-alcohol motifs (C(OH)–C–C–N with tert-alkyl or cyclic N) is 1. The van der Waals surface area contributed by atoms with Crippen LogP contribution in [-0.4, -0.2) is 54.2 Å². The molecule has 1 saturated heterocycles. The Bertz CT molecular complexity index is 1270. The van der Waals surface area contributed by atoms with Gasteiger partial charge in [0.25, 0.3) is 5.91 Å². The number of carbonyl (C=O) groups excluding carboxylic acids is 2. The lowest BCUT2D eigenvalue weighted by Crippen LogP contribution is -2.41. The van der Waals surface area contributed by atoms with Crippen molar-refractivity contribution in [1.29, 1.82) is 0 Å². The van der Waals surface area contributed by atoms with Gasteiger partial charge in [0.15, 0.2) is 0 Å². The van der Waals surface area contributed by atoms with E-state index in [9.17, 15) is 14.7 Å². The molecule has 5 rings (SSSR count). The number of rotatable bonds is 7. The zero-order chi connectivity index (χ0) is 26.6. The Kier molecular flexibility index (Phi) is 8.10. The summed E-state index contributed by atoms with van der Waals surface area (Å²) in [7, 11) is 1.31. The predicted molar refractivity (Wildman–Crippen MR) is 149 cm³/mol. The van der Waals surface area contributed by atoms with E-state index in [-0.39, 0.29) is 24.9 Å². The van der Waals surface area contributed by atoms with E-state index in [2.05, 4.69) is 66.8 Å². The fraction of sp³-hybridized carbons (Fsp3) is 0.438. The van der Waals surface area contributed by atoms with Gasteiger partial charge < -0.3 is 20.1 Å². The maximum atomic E-state index is 13.1. The number of hydrogen-bond donors (Lipinski definition) is 2. The summed E-state index contributed by atoms with van der Waals surface area (Å²) >= 11 is 0. The number of nitrogens with zero attached hydrogens (tertiary/aromatic N) is 1. The van der Waals surface area contributed by atoms with Crippen LogP contribution in [-0.2, 0) is 9.53 Å². The van der Waals surface area contributed by atoms with E-state index in [0.29, 0.717) is 17.4 Å². The minimum absolute atomic E-state index is 0.148. The number of carbonyl (C=O) groups is 2. The summed E-state index contributed by atoms with van der Waals surface area (Å²) in [5, 5.41) is 16.4. The van der Waals surface area contributed by atoms with Crippen molar-refractivity contribution in [2.45, 2.75) is 63.1 Å². The Hall–Kier alpha value is -3.22. The van der Waals surface area contributed by atoms with Crippen molar-refractivity contribution in [2.24, 2.45) is 5.92 Å². The van der Waals surface area contributed by atoms with Gasteiger partial charge in [-0.2, -0.15) is 0 Å². The van der Waals surface area contributed by atoms with Crippen LogP contribution >= 0.6 is 0 Å². The first kappa shape index (κ1) is 26.4. The van der Waals surface area contributed by atoms with E-state index in [1.807, 2.05) is 12.1 Å². The zero-order valence-corrected chi connectivity index (χ0v) is 22.3. The molecule has 2 aliphatic rings. The van der Waals surface area contributed by atoms with Crippen LogP contribution in [0.3, 0.4) is 0 Å². The van der Waals surface area contributed by atoms with Crippen molar-refractivity contribution >= 4 is 22.6 Å². The summed E-state index contributed by atoms with van der Waals surface area (Å²) in [4.78, 5) is 26.6. The number of methoxy groups -OCH3 is 1. The molecule has 0 radical (unpaired) electrons. The van der Waals surface area contributed by atoms with Gasteiger partial charge in [-0.15, -0.1) is 0 Å². The highest BCUT2D eigenvalue weighted by Crippen LogP contribution is 2.36. The molecule has 0 spiro atoms. The molecule has 2 fully saturated rings. The summed E-state index contributed by atoms with van der Waals surface area (Å²) in [6.45, 7) is 3.39. The number of esters is 1. The molecule has 1 aliphatic heterocycles. The normalized spacial score (nSPS) is 24.3. The second-order valence-electron chi connectivity index (χ2n) is 10.9. The highest BCUT2D eigenvalue weighted by Gasteiger charge is 2.40. The molecule has 0 aromatic heterocycles. The number of aliphatic hydroxyl groups is 1. The first-order valence-electron chi connectivity index (χ1n) is 13.8. The highest BCUT2D eigenvalue weighted by atomic mass is 16.5. The van der Waals surface area contributed by atoms with Crippen molar-refractivity contribution < 1.29 is 19.4 Å². The second-order valence-corrected chi connectivity index (χ2v) is 10.9. The SMILES string of the molecule is COC(=O)[C@@H]1C[C@@H](O)CN1C(=O)c1ccc(C2CCCC(CN[C@H](C)c3cccc4ccccc34)C2)cc1. The molecule has 5 atom stereocenters. The molecule has 2 unspecified atom stereocenters. The van der Waals surface area contributed by atoms with Gasteiger partial charge in [0.2, 0.25) is 0 Å². The van der Waals surface area contributed by atoms with Gasteiger partial charge in [0.05, 0.1) is 13.2 Å². The van der Waals surface area contributed by atoms with E-state index in [1.54, 1.807) is 0 Å². The van der Waals surface area contributed by atoms with Crippen molar-refractivity contribution in [1.82, 2.24) is 10.2 Å². The molecule has 6 heteroatoms. The topological polar surface area (TPSA) is 78.9 Å². The Morgan fingerprint density at radius 1 is 1.03 bits per heavy atom. The van der Waals surface area contributed by atoms with Crippen LogP contribution in [0.1, 0.15) is 72.5 Å². The van der Waals surface area contributed by atoms with Crippen molar-refractivity contribution in [3.63, 3.8) is 0 Å². The number of aliphatic hydroxyl groups excluding tert-OH is 1.